The van der Waals surface area contributed by atoms with Gasteiger partial charge in [-0.25, -0.2) is 0 Å². The standard InChI is InChI=1S/C21H26N4OS/c1-2-10-25(19-8-9-23-14-19)21(26)16-11-20(27-15-16)17(12-22)13-24-18-6-4-3-5-7-18/h3-7,11-13,15,19,23H,2,8-10,14,22H2,1H3. The number of carbonyl (C=O) groups is 1. The Balaban J connectivity index is 1.75. The molecule has 1 aromatic heterocycles. The van der Waals surface area contributed by atoms with Crippen molar-refractivity contribution >= 4 is 34.7 Å². The van der Waals surface area contributed by atoms with Crippen LogP contribution in [-0.4, -0.2) is 42.7 Å². The highest BCUT2D eigenvalue weighted by atomic mass is 32.1. The Morgan fingerprint density at radius 3 is 2.89 bits per heavy atom. The minimum absolute atomic E-state index is 0.101. The molecule has 2 aromatic rings. The summed E-state index contributed by atoms with van der Waals surface area (Å²) < 4.78 is 0. The largest absolute Gasteiger partial charge is 0.404 e. The van der Waals surface area contributed by atoms with Crippen molar-refractivity contribution in [2.75, 3.05) is 19.6 Å². The summed E-state index contributed by atoms with van der Waals surface area (Å²) in [6, 6.07) is 11.9. The number of amides is 1. The lowest BCUT2D eigenvalue weighted by Gasteiger charge is -2.27. The number of aliphatic imine (C=N–C) groups is 1. The summed E-state index contributed by atoms with van der Waals surface area (Å²) >= 11 is 1.52. The Morgan fingerprint density at radius 2 is 2.22 bits per heavy atom. The van der Waals surface area contributed by atoms with Gasteiger partial charge >= 0.3 is 0 Å². The molecule has 3 N–H and O–H groups in total. The van der Waals surface area contributed by atoms with Gasteiger partial charge in [0.05, 0.1) is 11.3 Å². The topological polar surface area (TPSA) is 70.7 Å². The maximum atomic E-state index is 13.0. The lowest BCUT2D eigenvalue weighted by atomic mass is 10.1. The van der Waals surface area contributed by atoms with Gasteiger partial charge in [-0.2, -0.15) is 0 Å². The molecule has 27 heavy (non-hydrogen) atoms. The number of nitrogens with one attached hydrogen (secondary N) is 1. The zero-order valence-electron chi connectivity index (χ0n) is 15.6. The molecule has 1 saturated heterocycles. The van der Waals surface area contributed by atoms with Crippen LogP contribution in [0.15, 0.2) is 53.0 Å². The Morgan fingerprint density at radius 1 is 1.41 bits per heavy atom. The first-order valence-corrected chi connectivity index (χ1v) is 10.2. The van der Waals surface area contributed by atoms with Crippen LogP contribution in [0.4, 0.5) is 5.69 Å². The van der Waals surface area contributed by atoms with Crippen LogP contribution >= 0.6 is 11.3 Å². The molecule has 0 aliphatic carbocycles. The van der Waals surface area contributed by atoms with Crippen molar-refractivity contribution in [3.63, 3.8) is 0 Å². The van der Waals surface area contributed by atoms with Crippen molar-refractivity contribution in [3.8, 4) is 0 Å². The highest BCUT2D eigenvalue weighted by molar-refractivity contribution is 7.11. The molecule has 1 amide bonds. The molecular formula is C21H26N4OS. The van der Waals surface area contributed by atoms with Crippen molar-refractivity contribution in [1.29, 1.82) is 0 Å². The minimum Gasteiger partial charge on any atom is -0.404 e. The van der Waals surface area contributed by atoms with Crippen LogP contribution in [0.2, 0.25) is 0 Å². The van der Waals surface area contributed by atoms with Gasteiger partial charge in [-0.15, -0.1) is 11.3 Å². The van der Waals surface area contributed by atoms with Crippen LogP contribution in [0.1, 0.15) is 35.0 Å². The smallest absolute Gasteiger partial charge is 0.255 e. The van der Waals surface area contributed by atoms with Gasteiger partial charge in [0.25, 0.3) is 5.91 Å². The fourth-order valence-corrected chi connectivity index (χ4v) is 4.08. The molecule has 0 saturated carbocycles. The molecule has 0 radical (unpaired) electrons. The molecule has 1 fully saturated rings. The second-order valence-corrected chi connectivity index (χ2v) is 7.47. The van der Waals surface area contributed by atoms with Crippen molar-refractivity contribution in [3.05, 3.63) is 58.4 Å². The number of allylic oxidation sites excluding steroid dienone is 1. The first-order chi connectivity index (χ1) is 13.2. The third-order valence-electron chi connectivity index (χ3n) is 4.62. The van der Waals surface area contributed by atoms with Crippen molar-refractivity contribution < 1.29 is 4.79 Å². The van der Waals surface area contributed by atoms with Gasteiger partial charge in [-0.3, -0.25) is 9.79 Å². The number of carbonyl (C=O) groups excluding carboxylic acids is 1. The van der Waals surface area contributed by atoms with Crippen LogP contribution < -0.4 is 11.1 Å². The predicted molar refractivity (Wildman–Crippen MR) is 114 cm³/mol. The molecule has 1 aliphatic rings. The van der Waals surface area contributed by atoms with E-state index in [9.17, 15) is 4.79 Å². The van der Waals surface area contributed by atoms with Crippen molar-refractivity contribution in [2.45, 2.75) is 25.8 Å². The third kappa shape index (κ3) is 4.84. The Bertz CT molecular complexity index is 807. The van der Waals surface area contributed by atoms with Crippen LogP contribution in [0, 0.1) is 0 Å². The summed E-state index contributed by atoms with van der Waals surface area (Å²) in [5, 5.41) is 5.27. The number of thiophene rings is 1. The molecule has 142 valence electrons. The fourth-order valence-electron chi connectivity index (χ4n) is 3.21. The molecule has 1 unspecified atom stereocenters. The Kier molecular flexibility index (Phi) is 6.79. The van der Waals surface area contributed by atoms with E-state index in [1.807, 2.05) is 46.7 Å². The zero-order valence-corrected chi connectivity index (χ0v) is 16.4. The summed E-state index contributed by atoms with van der Waals surface area (Å²) in [4.78, 5) is 20.5. The van der Waals surface area contributed by atoms with E-state index in [0.29, 0.717) is 0 Å². The molecule has 1 atom stereocenters. The summed E-state index contributed by atoms with van der Waals surface area (Å²) in [6.07, 6.45) is 5.26. The van der Waals surface area contributed by atoms with E-state index >= 15 is 0 Å². The molecule has 6 heteroatoms. The van der Waals surface area contributed by atoms with E-state index in [1.165, 1.54) is 17.5 Å². The molecule has 5 nitrogen and oxygen atoms in total. The lowest BCUT2D eigenvalue weighted by Crippen LogP contribution is -2.41. The second kappa shape index (κ2) is 9.48. The third-order valence-corrected chi connectivity index (χ3v) is 5.60. The number of hydrogen-bond acceptors (Lipinski definition) is 5. The van der Waals surface area contributed by atoms with E-state index in [2.05, 4.69) is 17.2 Å². The number of para-hydroxylation sites is 1. The van der Waals surface area contributed by atoms with Gasteiger partial charge in [0, 0.05) is 47.4 Å². The van der Waals surface area contributed by atoms with Gasteiger partial charge in [0.1, 0.15) is 0 Å². The highest BCUT2D eigenvalue weighted by Gasteiger charge is 2.27. The van der Waals surface area contributed by atoms with Gasteiger partial charge in [0.15, 0.2) is 0 Å². The van der Waals surface area contributed by atoms with Crippen LogP contribution in [0.25, 0.3) is 5.57 Å². The van der Waals surface area contributed by atoms with Gasteiger partial charge in [0.2, 0.25) is 0 Å². The first kappa shape index (κ1) is 19.3. The Labute approximate surface area is 164 Å². The fraction of sp³-hybridized carbons (Fsp3) is 0.333. The number of nitrogens with zero attached hydrogens (tertiary/aromatic N) is 2. The van der Waals surface area contributed by atoms with Gasteiger partial charge < -0.3 is 16.0 Å². The maximum Gasteiger partial charge on any atom is 0.255 e. The lowest BCUT2D eigenvalue weighted by molar-refractivity contribution is 0.0693. The van der Waals surface area contributed by atoms with E-state index in [1.54, 1.807) is 6.21 Å². The quantitative estimate of drug-likeness (QED) is 0.718. The summed E-state index contributed by atoms with van der Waals surface area (Å²) in [5.74, 6) is 0.101. The van der Waals surface area contributed by atoms with Crippen molar-refractivity contribution in [1.82, 2.24) is 10.2 Å². The molecule has 2 heterocycles. The number of benzene rings is 1. The average Bonchev–Trinajstić information content (AvgIpc) is 3.39. The number of hydrogen-bond donors (Lipinski definition) is 2. The molecule has 1 aromatic carbocycles. The normalized spacial score (nSPS) is 17.5. The average molecular weight is 383 g/mol. The molecule has 0 spiro atoms. The van der Waals surface area contributed by atoms with Gasteiger partial charge in [-0.1, -0.05) is 25.1 Å². The maximum absolute atomic E-state index is 13.0. The Hall–Kier alpha value is -2.44. The SMILES string of the molecule is CCCN(C(=O)c1csc(C(C=Nc2ccccc2)=CN)c1)C1CCNC1. The van der Waals surface area contributed by atoms with E-state index in [0.717, 1.165) is 54.2 Å². The first-order valence-electron chi connectivity index (χ1n) is 9.34. The van der Waals surface area contributed by atoms with Crippen LogP contribution in [-0.2, 0) is 0 Å². The summed E-state index contributed by atoms with van der Waals surface area (Å²) in [6.45, 7) is 4.74. The second-order valence-electron chi connectivity index (χ2n) is 6.56. The highest BCUT2D eigenvalue weighted by Crippen LogP contribution is 2.25. The van der Waals surface area contributed by atoms with E-state index in [-0.39, 0.29) is 11.9 Å². The molecule has 0 bridgehead atoms. The van der Waals surface area contributed by atoms with Gasteiger partial charge in [-0.05, 0) is 37.6 Å². The van der Waals surface area contributed by atoms with E-state index in [4.69, 9.17) is 5.73 Å². The predicted octanol–water partition coefficient (Wildman–Crippen LogP) is 3.66. The number of rotatable bonds is 7. The minimum atomic E-state index is 0.101. The molecule has 1 aliphatic heterocycles. The molecule has 3 rings (SSSR count). The number of nitrogens with two attached hydrogens (primary N) is 1. The summed E-state index contributed by atoms with van der Waals surface area (Å²) in [5.41, 5.74) is 8.22. The molecular weight excluding hydrogens is 356 g/mol. The van der Waals surface area contributed by atoms with E-state index < -0.39 is 0 Å². The van der Waals surface area contributed by atoms with Crippen LogP contribution in [0.3, 0.4) is 0 Å². The van der Waals surface area contributed by atoms with Crippen LogP contribution in [0.5, 0.6) is 0 Å². The zero-order chi connectivity index (χ0) is 19.1. The monoisotopic (exact) mass is 382 g/mol. The summed E-state index contributed by atoms with van der Waals surface area (Å²) in [7, 11) is 0. The van der Waals surface area contributed by atoms with Crippen molar-refractivity contribution in [2.24, 2.45) is 10.7 Å².